The van der Waals surface area contributed by atoms with Crippen molar-refractivity contribution in [3.8, 4) is 11.4 Å². The Morgan fingerprint density at radius 3 is 2.96 bits per heavy atom. The van der Waals surface area contributed by atoms with Crippen molar-refractivity contribution in [3.05, 3.63) is 47.6 Å². The van der Waals surface area contributed by atoms with Gasteiger partial charge in [0.25, 0.3) is 5.91 Å². The number of nitrogens with one attached hydrogen (secondary N) is 2. The molecule has 0 spiro atoms. The van der Waals surface area contributed by atoms with Crippen molar-refractivity contribution in [1.29, 1.82) is 0 Å². The highest BCUT2D eigenvalue weighted by Crippen LogP contribution is 2.38. The molecule has 2 N–H and O–H groups in total. The van der Waals surface area contributed by atoms with Crippen LogP contribution in [0.1, 0.15) is 40.8 Å². The van der Waals surface area contributed by atoms with E-state index in [1.54, 1.807) is 13.0 Å². The number of aromatic nitrogens is 4. The third kappa shape index (κ3) is 2.85. The number of aryl methyl sites for hydroxylation is 1. The highest BCUT2D eigenvalue weighted by molar-refractivity contribution is 6.03. The van der Waals surface area contributed by atoms with Crippen LogP contribution < -0.4 is 5.32 Å². The van der Waals surface area contributed by atoms with Gasteiger partial charge in [-0.3, -0.25) is 9.89 Å². The summed E-state index contributed by atoms with van der Waals surface area (Å²) in [5.74, 6) is 2.38. The molecule has 1 aromatic carbocycles. The van der Waals surface area contributed by atoms with Gasteiger partial charge in [0, 0.05) is 23.2 Å². The summed E-state index contributed by atoms with van der Waals surface area (Å²) in [6, 6.07) is 9.01. The highest BCUT2D eigenvalue weighted by atomic mass is 16.5. The van der Waals surface area contributed by atoms with E-state index in [9.17, 15) is 4.79 Å². The molecule has 0 aliphatic heterocycles. The van der Waals surface area contributed by atoms with Crippen LogP contribution in [0.15, 0.2) is 34.9 Å². The third-order valence-electron chi connectivity index (χ3n) is 3.71. The van der Waals surface area contributed by atoms with Crippen LogP contribution in [0.3, 0.4) is 0 Å². The number of hydrogen-bond donors (Lipinski definition) is 2. The van der Waals surface area contributed by atoms with E-state index in [0.29, 0.717) is 23.2 Å². The van der Waals surface area contributed by atoms with Crippen molar-refractivity contribution in [1.82, 2.24) is 20.3 Å². The molecule has 7 nitrogen and oxygen atoms in total. The number of hydrogen-bond acceptors (Lipinski definition) is 5. The summed E-state index contributed by atoms with van der Waals surface area (Å²) in [5, 5.41) is 13.7. The minimum Gasteiger partial charge on any atom is -0.361 e. The number of nitrogens with zero attached hydrogens (tertiary/aromatic N) is 3. The molecule has 2 heterocycles. The van der Waals surface area contributed by atoms with E-state index in [2.05, 4.69) is 25.7 Å². The summed E-state index contributed by atoms with van der Waals surface area (Å²) in [6.45, 7) is 1.74. The van der Waals surface area contributed by atoms with Crippen molar-refractivity contribution >= 4 is 11.6 Å². The number of carbonyl (C=O) groups excluding carboxylic acids is 1. The molecular formula is C16H15N5O2. The first kappa shape index (κ1) is 13.7. The quantitative estimate of drug-likeness (QED) is 0.772. The maximum atomic E-state index is 12.1. The Bertz CT molecular complexity index is 863. The monoisotopic (exact) mass is 309 g/mol. The van der Waals surface area contributed by atoms with Crippen LogP contribution >= 0.6 is 0 Å². The SMILES string of the molecule is Cc1cc(C(=O)Nc2cccc(-c3n[nH]c(C4CC4)n3)c2)no1. The van der Waals surface area contributed by atoms with Crippen LogP contribution in [0.2, 0.25) is 0 Å². The molecule has 23 heavy (non-hydrogen) atoms. The zero-order valence-corrected chi connectivity index (χ0v) is 12.5. The van der Waals surface area contributed by atoms with E-state index in [1.807, 2.05) is 24.3 Å². The van der Waals surface area contributed by atoms with Crippen LogP contribution in [0.5, 0.6) is 0 Å². The molecule has 1 saturated carbocycles. The fourth-order valence-corrected chi connectivity index (χ4v) is 2.35. The predicted octanol–water partition coefficient (Wildman–Crippen LogP) is 2.90. The van der Waals surface area contributed by atoms with Gasteiger partial charge >= 0.3 is 0 Å². The molecule has 0 unspecified atom stereocenters. The molecule has 0 atom stereocenters. The second-order valence-electron chi connectivity index (χ2n) is 5.68. The number of aromatic amines is 1. The number of carbonyl (C=O) groups is 1. The molecule has 0 bridgehead atoms. The van der Waals surface area contributed by atoms with E-state index < -0.39 is 0 Å². The first-order chi connectivity index (χ1) is 11.2. The number of anilines is 1. The Morgan fingerprint density at radius 2 is 2.22 bits per heavy atom. The van der Waals surface area contributed by atoms with Gasteiger partial charge in [0.1, 0.15) is 11.6 Å². The normalized spacial score (nSPS) is 14.0. The molecule has 116 valence electrons. The minimum absolute atomic E-state index is 0.252. The molecule has 0 radical (unpaired) electrons. The van der Waals surface area contributed by atoms with Crippen molar-refractivity contribution in [2.45, 2.75) is 25.7 Å². The van der Waals surface area contributed by atoms with Gasteiger partial charge in [0.2, 0.25) is 0 Å². The standard InChI is InChI=1S/C16H15N5O2/c1-9-7-13(21-23-9)16(22)17-12-4-2-3-11(8-12)15-18-14(19-20-15)10-5-6-10/h2-4,7-8,10H,5-6H2,1H3,(H,17,22)(H,18,19,20). The van der Waals surface area contributed by atoms with Gasteiger partial charge in [-0.1, -0.05) is 17.3 Å². The van der Waals surface area contributed by atoms with Crippen LogP contribution in [0.4, 0.5) is 5.69 Å². The second-order valence-corrected chi connectivity index (χ2v) is 5.68. The van der Waals surface area contributed by atoms with E-state index in [0.717, 1.165) is 11.4 Å². The Morgan fingerprint density at radius 1 is 1.35 bits per heavy atom. The topological polar surface area (TPSA) is 96.7 Å². The van der Waals surface area contributed by atoms with Gasteiger partial charge in [-0.25, -0.2) is 4.98 Å². The van der Waals surface area contributed by atoms with Gasteiger partial charge in [-0.05, 0) is 31.9 Å². The van der Waals surface area contributed by atoms with E-state index in [4.69, 9.17) is 4.52 Å². The van der Waals surface area contributed by atoms with Crippen LogP contribution in [0, 0.1) is 6.92 Å². The third-order valence-corrected chi connectivity index (χ3v) is 3.71. The van der Waals surface area contributed by atoms with Gasteiger partial charge in [-0.15, -0.1) is 0 Å². The van der Waals surface area contributed by atoms with E-state index >= 15 is 0 Å². The largest absolute Gasteiger partial charge is 0.361 e. The fraction of sp³-hybridized carbons (Fsp3) is 0.250. The minimum atomic E-state index is -0.312. The van der Waals surface area contributed by atoms with Crippen molar-refractivity contribution in [2.75, 3.05) is 5.32 Å². The number of benzene rings is 1. The molecular weight excluding hydrogens is 294 g/mol. The molecule has 2 aromatic heterocycles. The summed E-state index contributed by atoms with van der Waals surface area (Å²) in [4.78, 5) is 16.6. The Kier molecular flexibility index (Phi) is 3.18. The van der Waals surface area contributed by atoms with Crippen LogP contribution in [0.25, 0.3) is 11.4 Å². The summed E-state index contributed by atoms with van der Waals surface area (Å²) < 4.78 is 4.91. The maximum Gasteiger partial charge on any atom is 0.277 e. The van der Waals surface area contributed by atoms with Gasteiger partial charge < -0.3 is 9.84 Å². The molecule has 1 amide bonds. The fourth-order valence-electron chi connectivity index (χ4n) is 2.35. The molecule has 1 aliphatic carbocycles. The summed E-state index contributed by atoms with van der Waals surface area (Å²) in [7, 11) is 0. The molecule has 1 fully saturated rings. The van der Waals surface area contributed by atoms with E-state index in [1.165, 1.54) is 12.8 Å². The molecule has 7 heteroatoms. The summed E-state index contributed by atoms with van der Waals surface area (Å²) in [5.41, 5.74) is 1.76. The lowest BCUT2D eigenvalue weighted by molar-refractivity contribution is 0.101. The van der Waals surface area contributed by atoms with Crippen molar-refractivity contribution in [2.24, 2.45) is 0 Å². The predicted molar refractivity (Wildman–Crippen MR) is 83.0 cm³/mol. The number of amides is 1. The molecule has 1 aliphatic rings. The Hall–Kier alpha value is -2.96. The second kappa shape index (κ2) is 5.35. The van der Waals surface area contributed by atoms with E-state index in [-0.39, 0.29) is 11.6 Å². The lowest BCUT2D eigenvalue weighted by atomic mass is 10.2. The van der Waals surface area contributed by atoms with Gasteiger partial charge in [-0.2, -0.15) is 5.10 Å². The smallest absolute Gasteiger partial charge is 0.277 e. The number of rotatable bonds is 4. The van der Waals surface area contributed by atoms with Gasteiger partial charge in [0.05, 0.1) is 0 Å². The molecule has 3 aromatic rings. The molecule has 0 saturated heterocycles. The van der Waals surface area contributed by atoms with Crippen LogP contribution in [-0.2, 0) is 0 Å². The summed E-state index contributed by atoms with van der Waals surface area (Å²) >= 11 is 0. The first-order valence-electron chi connectivity index (χ1n) is 7.46. The average Bonchev–Trinajstić information content (AvgIpc) is 3.11. The highest BCUT2D eigenvalue weighted by Gasteiger charge is 2.27. The number of H-pyrrole nitrogens is 1. The maximum absolute atomic E-state index is 12.1. The zero-order valence-electron chi connectivity index (χ0n) is 12.5. The van der Waals surface area contributed by atoms with Crippen LogP contribution in [-0.4, -0.2) is 26.2 Å². The zero-order chi connectivity index (χ0) is 15.8. The lowest BCUT2D eigenvalue weighted by Crippen LogP contribution is -2.12. The Labute approximate surface area is 132 Å². The Balaban J connectivity index is 1.54. The lowest BCUT2D eigenvalue weighted by Gasteiger charge is -2.04. The van der Waals surface area contributed by atoms with Crippen molar-refractivity contribution in [3.63, 3.8) is 0 Å². The average molecular weight is 309 g/mol. The first-order valence-corrected chi connectivity index (χ1v) is 7.46. The molecule has 4 rings (SSSR count). The van der Waals surface area contributed by atoms with Gasteiger partial charge in [0.15, 0.2) is 11.5 Å². The van der Waals surface area contributed by atoms with Crippen molar-refractivity contribution < 1.29 is 9.32 Å². The summed E-state index contributed by atoms with van der Waals surface area (Å²) in [6.07, 6.45) is 2.34.